The summed E-state index contributed by atoms with van der Waals surface area (Å²) in [5.74, 6) is 0. The summed E-state index contributed by atoms with van der Waals surface area (Å²) < 4.78 is 30.7. The van der Waals surface area contributed by atoms with Crippen LogP contribution in [0.3, 0.4) is 0 Å². The van der Waals surface area contributed by atoms with Crippen LogP contribution in [0.2, 0.25) is 0 Å². The van der Waals surface area contributed by atoms with Crippen LogP contribution >= 0.6 is 11.3 Å². The van der Waals surface area contributed by atoms with Gasteiger partial charge in [-0.2, -0.15) is 0 Å². The minimum Gasteiger partial charge on any atom is -0.372 e. The maximum Gasteiger partial charge on any atom is 0.308 e. The highest BCUT2D eigenvalue weighted by molar-refractivity contribution is 7.92. The number of nitrogens with one attached hydrogen (secondary N) is 1. The zero-order valence-electron chi connectivity index (χ0n) is 16.4. The third-order valence-electron chi connectivity index (χ3n) is 5.24. The molecule has 1 N–H and O–H groups in total. The first kappa shape index (κ1) is 20.0. The standard InChI is InChI=1S/C21H25N3O3S2/c1-2-12-24-19-11-10-18(15-20(19)28-21(24)25)29(26,27)22-16-6-8-17(9-7-16)23-13-4-3-5-14-23/h6-11,15,22H,2-5,12-14H2,1H3. The number of benzene rings is 2. The van der Waals surface area contributed by atoms with Crippen LogP contribution in [0.15, 0.2) is 52.2 Å². The molecule has 0 amide bonds. The topological polar surface area (TPSA) is 71.4 Å². The molecule has 4 rings (SSSR count). The van der Waals surface area contributed by atoms with Gasteiger partial charge < -0.3 is 4.90 Å². The van der Waals surface area contributed by atoms with Gasteiger partial charge in [0.15, 0.2) is 0 Å². The Morgan fingerprint density at radius 3 is 2.45 bits per heavy atom. The van der Waals surface area contributed by atoms with E-state index in [9.17, 15) is 13.2 Å². The number of sulfonamides is 1. The summed E-state index contributed by atoms with van der Waals surface area (Å²) in [6.07, 6.45) is 4.52. The van der Waals surface area contributed by atoms with Crippen LogP contribution in [0, 0.1) is 0 Å². The van der Waals surface area contributed by atoms with Crippen molar-refractivity contribution in [2.45, 2.75) is 44.0 Å². The third kappa shape index (κ3) is 4.18. The van der Waals surface area contributed by atoms with Gasteiger partial charge in [0.2, 0.25) is 0 Å². The predicted octanol–water partition coefficient (Wildman–Crippen LogP) is 4.26. The second-order valence-electron chi connectivity index (χ2n) is 7.35. The number of thiazole rings is 1. The van der Waals surface area contributed by atoms with Crippen molar-refractivity contribution in [2.75, 3.05) is 22.7 Å². The lowest BCUT2D eigenvalue weighted by atomic mass is 10.1. The molecule has 1 aliphatic rings. The van der Waals surface area contributed by atoms with Crippen molar-refractivity contribution in [1.82, 2.24) is 4.57 Å². The van der Waals surface area contributed by atoms with Gasteiger partial charge in [-0.25, -0.2) is 8.42 Å². The lowest BCUT2D eigenvalue weighted by molar-refractivity contribution is 0.578. The van der Waals surface area contributed by atoms with Crippen molar-refractivity contribution in [3.63, 3.8) is 0 Å². The van der Waals surface area contributed by atoms with E-state index >= 15 is 0 Å². The minimum atomic E-state index is -3.73. The molecule has 2 aromatic carbocycles. The van der Waals surface area contributed by atoms with E-state index in [4.69, 9.17) is 0 Å². The van der Waals surface area contributed by atoms with Crippen LogP contribution in [-0.4, -0.2) is 26.1 Å². The van der Waals surface area contributed by atoms with E-state index in [2.05, 4.69) is 9.62 Å². The van der Waals surface area contributed by atoms with E-state index in [-0.39, 0.29) is 9.77 Å². The summed E-state index contributed by atoms with van der Waals surface area (Å²) in [6.45, 7) is 4.74. The van der Waals surface area contributed by atoms with Gasteiger partial charge in [0.1, 0.15) is 0 Å². The Hall–Kier alpha value is -2.32. The number of fused-ring (bicyclic) bond motifs is 1. The van der Waals surface area contributed by atoms with Crippen molar-refractivity contribution in [2.24, 2.45) is 0 Å². The molecule has 0 atom stereocenters. The fourth-order valence-electron chi connectivity index (χ4n) is 3.76. The Morgan fingerprint density at radius 2 is 1.76 bits per heavy atom. The van der Waals surface area contributed by atoms with Gasteiger partial charge in [0.05, 0.1) is 15.1 Å². The van der Waals surface area contributed by atoms with Gasteiger partial charge in [-0.05, 0) is 68.1 Å². The van der Waals surface area contributed by atoms with Gasteiger partial charge in [0, 0.05) is 31.0 Å². The molecule has 1 aliphatic heterocycles. The number of aromatic nitrogens is 1. The van der Waals surface area contributed by atoms with E-state index in [1.807, 2.05) is 19.1 Å². The number of hydrogen-bond donors (Lipinski definition) is 1. The maximum absolute atomic E-state index is 12.8. The summed E-state index contributed by atoms with van der Waals surface area (Å²) in [5, 5.41) is 0. The van der Waals surface area contributed by atoms with Crippen molar-refractivity contribution >= 4 is 43.0 Å². The zero-order valence-corrected chi connectivity index (χ0v) is 18.1. The molecule has 29 heavy (non-hydrogen) atoms. The van der Waals surface area contributed by atoms with Gasteiger partial charge in [-0.3, -0.25) is 14.1 Å². The number of hydrogen-bond acceptors (Lipinski definition) is 5. The summed E-state index contributed by atoms with van der Waals surface area (Å²) in [4.78, 5) is 14.6. The summed E-state index contributed by atoms with van der Waals surface area (Å²) in [7, 11) is -3.73. The molecule has 8 heteroatoms. The first-order chi connectivity index (χ1) is 14.0. The zero-order chi connectivity index (χ0) is 20.4. The quantitative estimate of drug-likeness (QED) is 0.633. The third-order valence-corrected chi connectivity index (χ3v) is 7.56. The molecule has 3 aromatic rings. The summed E-state index contributed by atoms with van der Waals surface area (Å²) in [6, 6.07) is 12.4. The van der Waals surface area contributed by atoms with E-state index < -0.39 is 10.0 Å². The molecule has 1 saturated heterocycles. The molecule has 6 nitrogen and oxygen atoms in total. The fourth-order valence-corrected chi connectivity index (χ4v) is 5.87. The Balaban J connectivity index is 1.56. The average molecular weight is 432 g/mol. The van der Waals surface area contributed by atoms with E-state index in [1.54, 1.807) is 34.9 Å². The van der Waals surface area contributed by atoms with E-state index in [0.29, 0.717) is 16.9 Å². The van der Waals surface area contributed by atoms with Crippen molar-refractivity contribution < 1.29 is 8.42 Å². The number of aryl methyl sites for hydroxylation is 1. The molecule has 0 radical (unpaired) electrons. The van der Waals surface area contributed by atoms with E-state index in [1.165, 1.54) is 19.3 Å². The van der Waals surface area contributed by atoms with Gasteiger partial charge in [-0.15, -0.1) is 0 Å². The van der Waals surface area contributed by atoms with E-state index in [0.717, 1.165) is 42.1 Å². The van der Waals surface area contributed by atoms with Gasteiger partial charge >= 0.3 is 4.87 Å². The Kier molecular flexibility index (Phi) is 5.65. The molecule has 1 aromatic heterocycles. The monoisotopic (exact) mass is 431 g/mol. The van der Waals surface area contributed by atoms with Crippen LogP contribution in [0.1, 0.15) is 32.6 Å². The molecule has 1 fully saturated rings. The van der Waals surface area contributed by atoms with Crippen LogP contribution < -0.4 is 14.5 Å². The van der Waals surface area contributed by atoms with Crippen LogP contribution in [-0.2, 0) is 16.6 Å². The van der Waals surface area contributed by atoms with Crippen molar-refractivity contribution in [3.05, 3.63) is 52.1 Å². The molecular weight excluding hydrogens is 406 g/mol. The first-order valence-corrected chi connectivity index (χ1v) is 12.3. The Labute approximate surface area is 174 Å². The molecular formula is C21H25N3O3S2. The normalized spacial score (nSPS) is 15.0. The Morgan fingerprint density at radius 1 is 1.03 bits per heavy atom. The van der Waals surface area contributed by atoms with Crippen LogP contribution in [0.5, 0.6) is 0 Å². The van der Waals surface area contributed by atoms with Crippen LogP contribution in [0.25, 0.3) is 10.2 Å². The smallest absolute Gasteiger partial charge is 0.308 e. The molecule has 0 aliphatic carbocycles. The number of rotatable bonds is 6. The maximum atomic E-state index is 12.8. The van der Waals surface area contributed by atoms with Gasteiger partial charge in [0.25, 0.3) is 10.0 Å². The molecule has 2 heterocycles. The van der Waals surface area contributed by atoms with Crippen LogP contribution in [0.4, 0.5) is 11.4 Å². The molecule has 154 valence electrons. The summed E-state index contributed by atoms with van der Waals surface area (Å²) >= 11 is 1.08. The second-order valence-corrected chi connectivity index (χ2v) is 10.0. The first-order valence-electron chi connectivity index (χ1n) is 9.99. The average Bonchev–Trinajstić information content (AvgIpc) is 3.04. The predicted molar refractivity (Wildman–Crippen MR) is 120 cm³/mol. The Bertz CT molecular complexity index is 1160. The van der Waals surface area contributed by atoms with Crippen molar-refractivity contribution in [1.29, 1.82) is 0 Å². The SMILES string of the molecule is CCCn1c(=O)sc2cc(S(=O)(=O)Nc3ccc(N4CCCCC4)cc3)ccc21. The number of piperidine rings is 1. The molecule has 0 saturated carbocycles. The molecule has 0 unspecified atom stereocenters. The summed E-state index contributed by atoms with van der Waals surface area (Å²) in [5.41, 5.74) is 2.44. The highest BCUT2D eigenvalue weighted by Gasteiger charge is 2.17. The lowest BCUT2D eigenvalue weighted by Crippen LogP contribution is -2.29. The minimum absolute atomic E-state index is 0.0577. The number of nitrogens with zero attached hydrogens (tertiary/aromatic N) is 2. The largest absolute Gasteiger partial charge is 0.372 e. The molecule has 0 bridgehead atoms. The van der Waals surface area contributed by atoms with Crippen molar-refractivity contribution in [3.8, 4) is 0 Å². The van der Waals surface area contributed by atoms with Gasteiger partial charge in [-0.1, -0.05) is 18.3 Å². The molecule has 0 spiro atoms. The number of anilines is 2. The fraction of sp³-hybridized carbons (Fsp3) is 0.381. The second kappa shape index (κ2) is 8.20. The highest BCUT2D eigenvalue weighted by atomic mass is 32.2. The highest BCUT2D eigenvalue weighted by Crippen LogP contribution is 2.26. The lowest BCUT2D eigenvalue weighted by Gasteiger charge is -2.28.